The lowest BCUT2D eigenvalue weighted by molar-refractivity contribution is -0.0501. The van der Waals surface area contributed by atoms with E-state index in [1.807, 2.05) is 6.92 Å². The van der Waals surface area contributed by atoms with E-state index in [1.165, 1.54) is 18.2 Å². The van der Waals surface area contributed by atoms with Gasteiger partial charge in [0.2, 0.25) is 0 Å². The van der Waals surface area contributed by atoms with Crippen LogP contribution in [-0.4, -0.2) is 25.1 Å². The third-order valence-electron chi connectivity index (χ3n) is 2.40. The van der Waals surface area contributed by atoms with Crippen LogP contribution in [0.15, 0.2) is 24.3 Å². The summed E-state index contributed by atoms with van der Waals surface area (Å²) >= 11 is 0. The molecule has 0 spiro atoms. The van der Waals surface area contributed by atoms with E-state index in [2.05, 4.69) is 10.1 Å². The number of nitrogens with one attached hydrogen (secondary N) is 1. The number of hydrogen-bond donors (Lipinski definition) is 2. The highest BCUT2D eigenvalue weighted by Gasteiger charge is 2.15. The highest BCUT2D eigenvalue weighted by atomic mass is 19.3. The Kier molecular flexibility index (Phi) is 5.51. The molecule has 1 aromatic rings. The molecule has 0 radical (unpaired) electrons. The summed E-state index contributed by atoms with van der Waals surface area (Å²) in [5.41, 5.74) is 5.72. The van der Waals surface area contributed by atoms with Crippen LogP contribution >= 0.6 is 0 Å². The molecule has 0 aliphatic carbocycles. The van der Waals surface area contributed by atoms with Crippen LogP contribution in [0.1, 0.15) is 23.7 Å². The van der Waals surface area contributed by atoms with Crippen molar-refractivity contribution >= 4 is 5.91 Å². The van der Waals surface area contributed by atoms with Gasteiger partial charge in [0, 0.05) is 12.6 Å². The molecule has 1 aromatic carbocycles. The Hall–Kier alpha value is -1.69. The van der Waals surface area contributed by atoms with Crippen LogP contribution in [-0.2, 0) is 0 Å². The van der Waals surface area contributed by atoms with Crippen LogP contribution in [0.3, 0.4) is 0 Å². The van der Waals surface area contributed by atoms with Crippen molar-refractivity contribution in [3.63, 3.8) is 0 Å². The van der Waals surface area contributed by atoms with Gasteiger partial charge in [0.05, 0.1) is 5.56 Å². The molecule has 0 fully saturated rings. The summed E-state index contributed by atoms with van der Waals surface area (Å²) < 4.78 is 28.6. The average molecular weight is 258 g/mol. The third kappa shape index (κ3) is 4.29. The SMILES string of the molecule is CCC(N)CNC(=O)c1ccccc1OC(F)F. The van der Waals surface area contributed by atoms with Crippen molar-refractivity contribution in [2.24, 2.45) is 5.73 Å². The van der Waals surface area contributed by atoms with E-state index in [0.29, 0.717) is 6.54 Å². The molecule has 0 heterocycles. The van der Waals surface area contributed by atoms with Gasteiger partial charge in [-0.25, -0.2) is 0 Å². The topological polar surface area (TPSA) is 64.3 Å². The van der Waals surface area contributed by atoms with Crippen LogP contribution in [0.2, 0.25) is 0 Å². The molecular formula is C12H16F2N2O2. The fraction of sp³-hybridized carbons (Fsp3) is 0.417. The molecule has 18 heavy (non-hydrogen) atoms. The summed E-state index contributed by atoms with van der Waals surface area (Å²) in [6, 6.07) is 5.68. The predicted octanol–water partition coefficient (Wildman–Crippen LogP) is 1.76. The summed E-state index contributed by atoms with van der Waals surface area (Å²) in [5.74, 6) is -0.620. The highest BCUT2D eigenvalue weighted by molar-refractivity contribution is 5.96. The molecule has 100 valence electrons. The fourth-order valence-corrected chi connectivity index (χ4v) is 1.32. The zero-order chi connectivity index (χ0) is 13.5. The Morgan fingerprint density at radius 3 is 2.72 bits per heavy atom. The molecular weight excluding hydrogens is 242 g/mol. The summed E-state index contributed by atoms with van der Waals surface area (Å²) in [7, 11) is 0. The standard InChI is InChI=1S/C12H16F2N2O2/c1-2-8(15)7-16-11(17)9-5-3-4-6-10(9)18-12(13)14/h3-6,8,12H,2,7,15H2,1H3,(H,16,17). The number of amides is 1. The van der Waals surface area contributed by atoms with Gasteiger partial charge in [-0.2, -0.15) is 8.78 Å². The minimum atomic E-state index is -2.96. The van der Waals surface area contributed by atoms with Crippen LogP contribution in [0.4, 0.5) is 8.78 Å². The monoisotopic (exact) mass is 258 g/mol. The number of rotatable bonds is 6. The maximum atomic E-state index is 12.2. The summed E-state index contributed by atoms with van der Waals surface area (Å²) in [5, 5.41) is 2.57. The molecule has 1 rings (SSSR count). The Labute approximate surface area is 104 Å². The summed E-state index contributed by atoms with van der Waals surface area (Å²) in [6.45, 7) is -0.778. The second kappa shape index (κ2) is 6.90. The van der Waals surface area contributed by atoms with Crippen LogP contribution < -0.4 is 15.8 Å². The number of benzene rings is 1. The van der Waals surface area contributed by atoms with Crippen LogP contribution in [0.25, 0.3) is 0 Å². The van der Waals surface area contributed by atoms with Gasteiger partial charge in [-0.1, -0.05) is 19.1 Å². The van der Waals surface area contributed by atoms with Gasteiger partial charge >= 0.3 is 6.61 Å². The highest BCUT2D eigenvalue weighted by Crippen LogP contribution is 2.19. The molecule has 0 aromatic heterocycles. The van der Waals surface area contributed by atoms with Crippen molar-refractivity contribution in [3.05, 3.63) is 29.8 Å². The Morgan fingerprint density at radius 2 is 2.11 bits per heavy atom. The number of halogens is 2. The maximum Gasteiger partial charge on any atom is 0.387 e. The number of alkyl halides is 2. The van der Waals surface area contributed by atoms with Crippen LogP contribution in [0, 0.1) is 0 Å². The molecule has 1 amide bonds. The normalized spacial score (nSPS) is 12.3. The van der Waals surface area contributed by atoms with Crippen molar-refractivity contribution in [2.45, 2.75) is 26.0 Å². The summed E-state index contributed by atoms with van der Waals surface area (Å²) in [6.07, 6.45) is 0.718. The van der Waals surface area contributed by atoms with Gasteiger partial charge in [0.25, 0.3) is 5.91 Å². The van der Waals surface area contributed by atoms with E-state index in [4.69, 9.17) is 5.73 Å². The first-order valence-corrected chi connectivity index (χ1v) is 5.62. The average Bonchev–Trinajstić information content (AvgIpc) is 2.35. The molecule has 0 aliphatic rings. The van der Waals surface area contributed by atoms with Gasteiger partial charge in [-0.3, -0.25) is 4.79 Å². The minimum Gasteiger partial charge on any atom is -0.434 e. The number of carbonyl (C=O) groups is 1. The number of ether oxygens (including phenoxy) is 1. The van der Waals surface area contributed by atoms with E-state index < -0.39 is 12.5 Å². The second-order valence-electron chi connectivity index (χ2n) is 3.75. The summed E-state index contributed by atoms with van der Waals surface area (Å²) in [4.78, 5) is 11.8. The van der Waals surface area contributed by atoms with E-state index in [1.54, 1.807) is 6.07 Å². The van der Waals surface area contributed by atoms with E-state index in [9.17, 15) is 13.6 Å². The van der Waals surface area contributed by atoms with Crippen molar-refractivity contribution in [3.8, 4) is 5.75 Å². The molecule has 4 nitrogen and oxygen atoms in total. The van der Waals surface area contributed by atoms with Gasteiger partial charge in [0.1, 0.15) is 5.75 Å². The Balaban J connectivity index is 2.72. The fourth-order valence-electron chi connectivity index (χ4n) is 1.32. The lowest BCUT2D eigenvalue weighted by Crippen LogP contribution is -2.36. The zero-order valence-corrected chi connectivity index (χ0v) is 10.0. The first-order chi connectivity index (χ1) is 8.54. The molecule has 1 unspecified atom stereocenters. The van der Waals surface area contributed by atoms with Crippen molar-refractivity contribution in [2.75, 3.05) is 6.54 Å². The van der Waals surface area contributed by atoms with Gasteiger partial charge < -0.3 is 15.8 Å². The van der Waals surface area contributed by atoms with E-state index >= 15 is 0 Å². The minimum absolute atomic E-state index is 0.0705. The molecule has 1 atom stereocenters. The van der Waals surface area contributed by atoms with E-state index in [-0.39, 0.29) is 17.4 Å². The Morgan fingerprint density at radius 1 is 1.44 bits per heavy atom. The molecule has 0 aliphatic heterocycles. The molecule has 0 saturated carbocycles. The van der Waals surface area contributed by atoms with Crippen molar-refractivity contribution < 1.29 is 18.3 Å². The Bertz CT molecular complexity index is 399. The van der Waals surface area contributed by atoms with Crippen molar-refractivity contribution in [1.82, 2.24) is 5.32 Å². The quantitative estimate of drug-likeness (QED) is 0.817. The maximum absolute atomic E-state index is 12.2. The lowest BCUT2D eigenvalue weighted by Gasteiger charge is -2.13. The van der Waals surface area contributed by atoms with Gasteiger partial charge in [0.15, 0.2) is 0 Å². The second-order valence-corrected chi connectivity index (χ2v) is 3.75. The third-order valence-corrected chi connectivity index (χ3v) is 2.40. The molecule has 3 N–H and O–H groups in total. The van der Waals surface area contributed by atoms with Crippen molar-refractivity contribution in [1.29, 1.82) is 0 Å². The van der Waals surface area contributed by atoms with E-state index in [0.717, 1.165) is 6.42 Å². The molecule has 0 bridgehead atoms. The zero-order valence-electron chi connectivity index (χ0n) is 10.0. The number of hydrogen-bond acceptors (Lipinski definition) is 3. The van der Waals surface area contributed by atoms with Crippen LogP contribution in [0.5, 0.6) is 5.75 Å². The molecule has 0 saturated heterocycles. The first kappa shape index (κ1) is 14.4. The predicted molar refractivity (Wildman–Crippen MR) is 63.7 cm³/mol. The van der Waals surface area contributed by atoms with Gasteiger partial charge in [-0.15, -0.1) is 0 Å². The largest absolute Gasteiger partial charge is 0.434 e. The number of para-hydroxylation sites is 1. The molecule has 6 heteroatoms. The van der Waals surface area contributed by atoms with Gasteiger partial charge in [-0.05, 0) is 18.6 Å². The number of nitrogens with two attached hydrogens (primary N) is 1. The first-order valence-electron chi connectivity index (χ1n) is 5.62. The smallest absolute Gasteiger partial charge is 0.387 e. The lowest BCUT2D eigenvalue weighted by atomic mass is 10.1. The number of carbonyl (C=O) groups excluding carboxylic acids is 1.